The Kier molecular flexibility index (Phi) is 3.69. The summed E-state index contributed by atoms with van der Waals surface area (Å²) < 4.78 is 22.3. The highest BCUT2D eigenvalue weighted by Gasteiger charge is 2.35. The Labute approximate surface area is 84.9 Å². The van der Waals surface area contributed by atoms with Crippen LogP contribution in [0, 0.1) is 0 Å². The molecule has 4 nitrogen and oxygen atoms in total. The number of allylic oxidation sites excluding steroid dienone is 1. The second kappa shape index (κ2) is 4.42. The molecule has 0 radical (unpaired) electrons. The highest BCUT2D eigenvalue weighted by atomic mass is 32.2. The lowest BCUT2D eigenvalue weighted by Gasteiger charge is -2.12. The van der Waals surface area contributed by atoms with Gasteiger partial charge in [0, 0.05) is 12.6 Å². The van der Waals surface area contributed by atoms with E-state index in [9.17, 15) is 13.5 Å². The zero-order valence-corrected chi connectivity index (χ0v) is 9.34. The summed E-state index contributed by atoms with van der Waals surface area (Å²) in [5.41, 5.74) is 1.17. The lowest BCUT2D eigenvalue weighted by atomic mass is 10.2. The molecule has 2 N–H and O–H groups in total. The fourth-order valence-corrected chi connectivity index (χ4v) is 3.21. The molecule has 5 heteroatoms. The Bertz CT molecular complexity index is 317. The minimum atomic E-state index is -3.03. The maximum absolute atomic E-state index is 11.1. The number of aliphatic hydroxyl groups excluding tert-OH is 1. The van der Waals surface area contributed by atoms with Crippen LogP contribution >= 0.6 is 0 Å². The maximum atomic E-state index is 11.1. The minimum Gasteiger partial charge on any atom is -0.390 e. The number of hydrogen-bond acceptors (Lipinski definition) is 4. The lowest BCUT2D eigenvalue weighted by Crippen LogP contribution is -2.38. The molecule has 1 aliphatic heterocycles. The third-order valence-corrected chi connectivity index (χ3v) is 3.93. The predicted molar refractivity (Wildman–Crippen MR) is 55.9 cm³/mol. The van der Waals surface area contributed by atoms with Gasteiger partial charge in [-0.15, -0.1) is 0 Å². The van der Waals surface area contributed by atoms with E-state index in [1.165, 1.54) is 5.57 Å². The smallest absolute Gasteiger partial charge is 0.154 e. The molecule has 1 rings (SSSR count). The molecule has 0 aromatic heterocycles. The van der Waals surface area contributed by atoms with Crippen LogP contribution in [0.1, 0.15) is 13.8 Å². The highest BCUT2D eigenvalue weighted by Crippen LogP contribution is 2.12. The summed E-state index contributed by atoms with van der Waals surface area (Å²) in [6.45, 7) is 4.56. The van der Waals surface area contributed by atoms with Crippen LogP contribution < -0.4 is 5.32 Å². The molecule has 2 atom stereocenters. The topological polar surface area (TPSA) is 66.4 Å². The molecule has 0 spiro atoms. The van der Waals surface area contributed by atoms with E-state index < -0.39 is 15.9 Å². The van der Waals surface area contributed by atoms with Crippen LogP contribution in [0.4, 0.5) is 0 Å². The third-order valence-electron chi connectivity index (χ3n) is 2.21. The van der Waals surface area contributed by atoms with Gasteiger partial charge in [0.1, 0.15) is 0 Å². The SMILES string of the molecule is CC(C)=CCNC1CS(=O)(=O)CC1O. The Morgan fingerprint density at radius 2 is 2.14 bits per heavy atom. The van der Waals surface area contributed by atoms with E-state index in [0.29, 0.717) is 6.54 Å². The Morgan fingerprint density at radius 1 is 1.50 bits per heavy atom. The van der Waals surface area contributed by atoms with E-state index in [0.717, 1.165) is 0 Å². The first-order chi connectivity index (χ1) is 6.41. The van der Waals surface area contributed by atoms with Crippen molar-refractivity contribution in [2.75, 3.05) is 18.1 Å². The van der Waals surface area contributed by atoms with Gasteiger partial charge in [-0.25, -0.2) is 8.42 Å². The van der Waals surface area contributed by atoms with Gasteiger partial charge in [-0.05, 0) is 13.8 Å². The summed E-state index contributed by atoms with van der Waals surface area (Å²) in [5.74, 6) is -0.0652. The molecular weight excluding hydrogens is 202 g/mol. The van der Waals surface area contributed by atoms with E-state index in [-0.39, 0.29) is 17.5 Å². The summed E-state index contributed by atoms with van der Waals surface area (Å²) >= 11 is 0. The van der Waals surface area contributed by atoms with Crippen molar-refractivity contribution in [1.82, 2.24) is 5.32 Å². The van der Waals surface area contributed by atoms with Gasteiger partial charge in [0.05, 0.1) is 17.6 Å². The van der Waals surface area contributed by atoms with Crippen molar-refractivity contribution >= 4 is 9.84 Å². The normalized spacial score (nSPS) is 30.2. The second-order valence-electron chi connectivity index (χ2n) is 3.94. The van der Waals surface area contributed by atoms with Crippen LogP contribution in [0.2, 0.25) is 0 Å². The number of hydrogen-bond donors (Lipinski definition) is 2. The minimum absolute atomic E-state index is 0.0464. The molecule has 14 heavy (non-hydrogen) atoms. The average Bonchev–Trinajstić information content (AvgIpc) is 2.24. The van der Waals surface area contributed by atoms with Crippen molar-refractivity contribution in [3.63, 3.8) is 0 Å². The van der Waals surface area contributed by atoms with Gasteiger partial charge in [0.2, 0.25) is 0 Å². The van der Waals surface area contributed by atoms with Crippen molar-refractivity contribution in [1.29, 1.82) is 0 Å². The molecule has 2 unspecified atom stereocenters. The van der Waals surface area contributed by atoms with Gasteiger partial charge in [-0.2, -0.15) is 0 Å². The number of sulfone groups is 1. The van der Waals surface area contributed by atoms with Gasteiger partial charge in [-0.1, -0.05) is 11.6 Å². The fraction of sp³-hybridized carbons (Fsp3) is 0.778. The standard InChI is InChI=1S/C9H17NO3S/c1-7(2)3-4-10-8-5-14(12,13)6-9(8)11/h3,8-11H,4-6H2,1-2H3. The average molecular weight is 219 g/mol. The van der Waals surface area contributed by atoms with Gasteiger partial charge in [0.25, 0.3) is 0 Å². The molecule has 1 saturated heterocycles. The Balaban J connectivity index is 2.44. The first-order valence-corrected chi connectivity index (χ1v) is 6.48. The first-order valence-electron chi connectivity index (χ1n) is 4.66. The van der Waals surface area contributed by atoms with Crippen LogP contribution in [-0.4, -0.2) is 43.7 Å². The zero-order valence-electron chi connectivity index (χ0n) is 8.53. The van der Waals surface area contributed by atoms with E-state index in [1.807, 2.05) is 19.9 Å². The molecule has 1 fully saturated rings. The third kappa shape index (κ3) is 3.40. The number of nitrogens with one attached hydrogen (secondary N) is 1. The Hall–Kier alpha value is -0.390. The zero-order chi connectivity index (χ0) is 10.8. The van der Waals surface area contributed by atoms with Gasteiger partial charge in [0.15, 0.2) is 9.84 Å². The van der Waals surface area contributed by atoms with E-state index in [4.69, 9.17) is 0 Å². The van der Waals surface area contributed by atoms with Crippen molar-refractivity contribution < 1.29 is 13.5 Å². The van der Waals surface area contributed by atoms with Crippen molar-refractivity contribution in [3.8, 4) is 0 Å². The van der Waals surface area contributed by atoms with Gasteiger partial charge in [-0.3, -0.25) is 0 Å². The first kappa shape index (κ1) is 11.7. The maximum Gasteiger partial charge on any atom is 0.154 e. The quantitative estimate of drug-likeness (QED) is 0.640. The van der Waals surface area contributed by atoms with Crippen LogP contribution in [0.5, 0.6) is 0 Å². The fourth-order valence-electron chi connectivity index (χ4n) is 1.44. The molecule has 0 aromatic rings. The largest absolute Gasteiger partial charge is 0.390 e. The Morgan fingerprint density at radius 3 is 2.57 bits per heavy atom. The van der Waals surface area contributed by atoms with Gasteiger partial charge < -0.3 is 10.4 Å². The summed E-state index contributed by atoms with van der Waals surface area (Å²) in [7, 11) is -3.03. The molecule has 0 aliphatic carbocycles. The molecule has 82 valence electrons. The van der Waals surface area contributed by atoms with Crippen molar-refractivity contribution in [3.05, 3.63) is 11.6 Å². The lowest BCUT2D eigenvalue weighted by molar-refractivity contribution is 0.168. The number of aliphatic hydroxyl groups is 1. The summed E-state index contributed by atoms with van der Waals surface area (Å²) in [4.78, 5) is 0. The van der Waals surface area contributed by atoms with E-state index in [1.54, 1.807) is 0 Å². The molecule has 1 aliphatic rings. The highest BCUT2D eigenvalue weighted by molar-refractivity contribution is 7.91. The summed E-state index contributed by atoms with van der Waals surface area (Å²) in [6.07, 6.45) is 1.21. The van der Waals surface area contributed by atoms with Crippen molar-refractivity contribution in [2.24, 2.45) is 0 Å². The second-order valence-corrected chi connectivity index (χ2v) is 6.09. The van der Waals surface area contributed by atoms with Gasteiger partial charge >= 0.3 is 0 Å². The molecule has 1 heterocycles. The van der Waals surface area contributed by atoms with E-state index >= 15 is 0 Å². The predicted octanol–water partition coefficient (Wildman–Crippen LogP) is -0.300. The van der Waals surface area contributed by atoms with Crippen LogP contribution in [0.15, 0.2) is 11.6 Å². The van der Waals surface area contributed by atoms with Crippen LogP contribution in [0.3, 0.4) is 0 Å². The summed E-state index contributed by atoms with van der Waals surface area (Å²) in [5, 5.41) is 12.4. The van der Waals surface area contributed by atoms with Crippen LogP contribution in [0.25, 0.3) is 0 Å². The molecule has 0 amide bonds. The van der Waals surface area contributed by atoms with Crippen molar-refractivity contribution in [2.45, 2.75) is 26.0 Å². The molecule has 0 saturated carbocycles. The monoisotopic (exact) mass is 219 g/mol. The molecule has 0 aromatic carbocycles. The van der Waals surface area contributed by atoms with E-state index in [2.05, 4.69) is 5.32 Å². The molecular formula is C9H17NO3S. The summed E-state index contributed by atoms with van der Waals surface area (Å²) in [6, 6.07) is -0.310. The molecule has 0 bridgehead atoms. The number of rotatable bonds is 3. The van der Waals surface area contributed by atoms with Crippen LogP contribution in [-0.2, 0) is 9.84 Å².